The molecule has 0 bridgehead atoms. The molecule has 1 heteroatoms. The van der Waals surface area contributed by atoms with Gasteiger partial charge in [0.05, 0.1) is 5.60 Å². The minimum Gasteiger partial charge on any atom is -0.374 e. The highest BCUT2D eigenvalue weighted by atomic mass is 16.5. The van der Waals surface area contributed by atoms with Gasteiger partial charge in [-0.3, -0.25) is 0 Å². The van der Waals surface area contributed by atoms with E-state index >= 15 is 0 Å². The Morgan fingerprint density at radius 2 is 1.50 bits per heavy atom. The monoisotopic (exact) mass is 220 g/mol. The lowest BCUT2D eigenvalue weighted by atomic mass is 9.79. The largest absolute Gasteiger partial charge is 0.374 e. The fraction of sp³-hybridized carbons (Fsp3) is 0.600. The van der Waals surface area contributed by atoms with Crippen molar-refractivity contribution in [1.82, 2.24) is 0 Å². The molecule has 0 heterocycles. The van der Waals surface area contributed by atoms with Crippen LogP contribution in [-0.4, -0.2) is 7.11 Å². The maximum Gasteiger partial charge on any atom is 0.0927 e. The Labute approximate surface area is 99.8 Å². The molecular weight excluding hydrogens is 196 g/mol. The molecule has 1 nitrogen and oxygen atoms in total. The maximum absolute atomic E-state index is 5.76. The fourth-order valence-electron chi connectivity index (χ4n) is 2.48. The Kier molecular flexibility index (Phi) is 5.54. The Balaban J connectivity index is 0.000000606. The molecule has 1 aliphatic rings. The molecule has 0 amide bonds. The van der Waals surface area contributed by atoms with Crippen molar-refractivity contribution in [1.29, 1.82) is 0 Å². The van der Waals surface area contributed by atoms with Crippen molar-refractivity contribution in [2.24, 2.45) is 0 Å². The molecule has 0 N–H and O–H groups in total. The Morgan fingerprint density at radius 3 is 2.00 bits per heavy atom. The molecule has 0 atom stereocenters. The van der Waals surface area contributed by atoms with Crippen LogP contribution in [0.1, 0.15) is 51.5 Å². The van der Waals surface area contributed by atoms with E-state index in [1.807, 2.05) is 21.0 Å². The lowest BCUT2D eigenvalue weighted by molar-refractivity contribution is -0.0445. The van der Waals surface area contributed by atoms with Crippen LogP contribution in [-0.2, 0) is 10.3 Å². The SMILES string of the molecule is CC.COC1(c2ccccc2)CCCCC1. The summed E-state index contributed by atoms with van der Waals surface area (Å²) in [7, 11) is 1.85. The lowest BCUT2D eigenvalue weighted by Crippen LogP contribution is -2.30. The first-order valence-electron chi connectivity index (χ1n) is 6.48. The number of hydrogen-bond acceptors (Lipinski definition) is 1. The molecule has 0 aromatic heterocycles. The van der Waals surface area contributed by atoms with Crippen molar-refractivity contribution in [2.75, 3.05) is 7.11 Å². The standard InChI is InChI=1S/C13H18O.C2H6/c1-14-13(10-6-3-7-11-13)12-8-4-2-5-9-12;1-2/h2,4-5,8-9H,3,6-7,10-11H2,1H3;1-2H3. The van der Waals surface area contributed by atoms with Gasteiger partial charge in [-0.15, -0.1) is 0 Å². The molecule has 0 saturated heterocycles. The van der Waals surface area contributed by atoms with Gasteiger partial charge >= 0.3 is 0 Å². The summed E-state index contributed by atoms with van der Waals surface area (Å²) in [5, 5.41) is 0. The van der Waals surface area contributed by atoms with Gasteiger partial charge in [-0.05, 0) is 18.4 Å². The van der Waals surface area contributed by atoms with Gasteiger partial charge in [-0.1, -0.05) is 63.4 Å². The van der Waals surface area contributed by atoms with Gasteiger partial charge in [0.1, 0.15) is 0 Å². The molecule has 16 heavy (non-hydrogen) atoms. The highest BCUT2D eigenvalue weighted by molar-refractivity contribution is 5.23. The zero-order chi connectivity index (χ0) is 11.9. The molecule has 1 aliphatic carbocycles. The molecule has 0 radical (unpaired) electrons. The smallest absolute Gasteiger partial charge is 0.0927 e. The zero-order valence-electron chi connectivity index (χ0n) is 10.8. The van der Waals surface area contributed by atoms with Gasteiger partial charge in [0, 0.05) is 7.11 Å². The van der Waals surface area contributed by atoms with Crippen molar-refractivity contribution < 1.29 is 4.74 Å². The van der Waals surface area contributed by atoms with E-state index in [4.69, 9.17) is 4.74 Å². The zero-order valence-corrected chi connectivity index (χ0v) is 10.8. The first kappa shape index (κ1) is 13.2. The van der Waals surface area contributed by atoms with Crippen LogP contribution in [0.2, 0.25) is 0 Å². The molecular formula is C15H24O. The number of benzene rings is 1. The van der Waals surface area contributed by atoms with Crippen molar-refractivity contribution in [3.63, 3.8) is 0 Å². The predicted octanol–water partition coefficient (Wildman–Crippen LogP) is 4.52. The van der Waals surface area contributed by atoms with Crippen molar-refractivity contribution in [3.8, 4) is 0 Å². The normalized spacial score (nSPS) is 18.4. The summed E-state index contributed by atoms with van der Waals surface area (Å²) >= 11 is 0. The third-order valence-corrected chi connectivity index (χ3v) is 3.35. The summed E-state index contributed by atoms with van der Waals surface area (Å²) in [5.74, 6) is 0. The van der Waals surface area contributed by atoms with Gasteiger partial charge in [0.25, 0.3) is 0 Å². The highest BCUT2D eigenvalue weighted by Crippen LogP contribution is 2.39. The van der Waals surface area contributed by atoms with Crippen LogP contribution in [0.4, 0.5) is 0 Å². The Morgan fingerprint density at radius 1 is 0.938 bits per heavy atom. The summed E-state index contributed by atoms with van der Waals surface area (Å²) in [6, 6.07) is 10.6. The fourth-order valence-corrected chi connectivity index (χ4v) is 2.48. The Hall–Kier alpha value is -0.820. The van der Waals surface area contributed by atoms with Crippen LogP contribution in [0.5, 0.6) is 0 Å². The summed E-state index contributed by atoms with van der Waals surface area (Å²) in [6.07, 6.45) is 6.30. The predicted molar refractivity (Wildman–Crippen MR) is 69.6 cm³/mol. The molecule has 1 saturated carbocycles. The van der Waals surface area contributed by atoms with E-state index in [1.54, 1.807) is 0 Å². The maximum atomic E-state index is 5.76. The number of rotatable bonds is 2. The van der Waals surface area contributed by atoms with Crippen molar-refractivity contribution >= 4 is 0 Å². The highest BCUT2D eigenvalue weighted by Gasteiger charge is 2.33. The van der Waals surface area contributed by atoms with E-state index < -0.39 is 0 Å². The van der Waals surface area contributed by atoms with Crippen LogP contribution in [0.3, 0.4) is 0 Å². The first-order valence-corrected chi connectivity index (χ1v) is 6.48. The third-order valence-electron chi connectivity index (χ3n) is 3.35. The van der Waals surface area contributed by atoms with E-state index in [2.05, 4.69) is 30.3 Å². The van der Waals surface area contributed by atoms with E-state index in [9.17, 15) is 0 Å². The molecule has 0 unspecified atom stereocenters. The quantitative estimate of drug-likeness (QED) is 0.712. The second-order valence-corrected chi connectivity index (χ2v) is 4.13. The summed E-state index contributed by atoms with van der Waals surface area (Å²) in [4.78, 5) is 0. The molecule has 1 fully saturated rings. The molecule has 1 aromatic carbocycles. The third kappa shape index (κ3) is 2.85. The Bertz CT molecular complexity index is 273. The van der Waals surface area contributed by atoms with Gasteiger partial charge in [-0.2, -0.15) is 0 Å². The topological polar surface area (TPSA) is 9.23 Å². The van der Waals surface area contributed by atoms with Gasteiger partial charge < -0.3 is 4.74 Å². The molecule has 90 valence electrons. The molecule has 1 aromatic rings. The summed E-state index contributed by atoms with van der Waals surface area (Å²) < 4.78 is 5.76. The van der Waals surface area contributed by atoms with Crippen molar-refractivity contribution in [2.45, 2.75) is 51.6 Å². The van der Waals surface area contributed by atoms with Crippen LogP contribution >= 0.6 is 0 Å². The van der Waals surface area contributed by atoms with Crippen LogP contribution in [0.15, 0.2) is 30.3 Å². The number of methoxy groups -OCH3 is 1. The van der Waals surface area contributed by atoms with Gasteiger partial charge in [-0.25, -0.2) is 0 Å². The first-order chi connectivity index (χ1) is 7.87. The number of hydrogen-bond donors (Lipinski definition) is 0. The van der Waals surface area contributed by atoms with E-state index in [0.29, 0.717) is 0 Å². The minimum atomic E-state index is 0.0134. The molecule has 2 rings (SSSR count). The lowest BCUT2D eigenvalue weighted by Gasteiger charge is -2.36. The molecule has 0 spiro atoms. The minimum absolute atomic E-state index is 0.0134. The van der Waals surface area contributed by atoms with Crippen LogP contribution < -0.4 is 0 Å². The van der Waals surface area contributed by atoms with Crippen LogP contribution in [0.25, 0.3) is 0 Å². The second-order valence-electron chi connectivity index (χ2n) is 4.13. The van der Waals surface area contributed by atoms with E-state index in [0.717, 1.165) is 0 Å². The van der Waals surface area contributed by atoms with E-state index in [-0.39, 0.29) is 5.60 Å². The average molecular weight is 220 g/mol. The summed E-state index contributed by atoms with van der Waals surface area (Å²) in [5.41, 5.74) is 1.36. The average Bonchev–Trinajstić information content (AvgIpc) is 2.43. The van der Waals surface area contributed by atoms with Gasteiger partial charge in [0.2, 0.25) is 0 Å². The second kappa shape index (κ2) is 6.70. The van der Waals surface area contributed by atoms with E-state index in [1.165, 1.54) is 37.7 Å². The molecule has 0 aliphatic heterocycles. The summed E-state index contributed by atoms with van der Waals surface area (Å²) in [6.45, 7) is 4.00. The van der Waals surface area contributed by atoms with Crippen molar-refractivity contribution in [3.05, 3.63) is 35.9 Å². The van der Waals surface area contributed by atoms with Crippen LogP contribution in [0, 0.1) is 0 Å². The number of ether oxygens (including phenoxy) is 1. The van der Waals surface area contributed by atoms with Gasteiger partial charge in [0.15, 0.2) is 0 Å².